The molecule has 5 aliphatic rings. The molecule has 2 bridgehead atoms. The number of thioether (sulfide) groups is 2. The van der Waals surface area contributed by atoms with Crippen LogP contribution in [0.4, 0.5) is 11.4 Å². The van der Waals surface area contributed by atoms with Gasteiger partial charge in [0.15, 0.2) is 11.5 Å². The molecule has 0 amide bonds. The molecule has 5 heterocycles. The van der Waals surface area contributed by atoms with Crippen LogP contribution in [-0.4, -0.2) is 55.7 Å². The Balaban J connectivity index is 1.44. The fourth-order valence-corrected chi connectivity index (χ4v) is 8.73. The second-order valence-corrected chi connectivity index (χ2v) is 12.0. The summed E-state index contributed by atoms with van der Waals surface area (Å²) >= 11 is 2.95. The molecule has 3 atom stereocenters. The van der Waals surface area contributed by atoms with Gasteiger partial charge < -0.3 is 25.8 Å². The average molecular weight is 535 g/mol. The third-order valence-electron chi connectivity index (χ3n) is 7.58. The van der Waals surface area contributed by atoms with Crippen molar-refractivity contribution in [1.29, 1.82) is 0 Å². The van der Waals surface area contributed by atoms with E-state index >= 15 is 0 Å². The fourth-order valence-electron chi connectivity index (χ4n) is 5.87. The van der Waals surface area contributed by atoms with Gasteiger partial charge >= 0.3 is 5.97 Å². The molecular weight excluding hydrogens is 512 g/mol. The standard InChI is InChI=1S/C25H22N6O4S2/c1-31-9-29-23(13(31)6-12(26)24(34)35)37-15-5-11(32)4-14-25(15)7-16(36-14)30-21-18(25)19-17-10(2-3-27-19)8-28-20(17)22(21)33/h4-5,8-9,12,16,30,33H,2-3,6-7,26H2,1H3,(H,34,35)/t12?,16?,25-/m0/s1. The minimum atomic E-state index is -1.09. The molecule has 12 heteroatoms. The van der Waals surface area contributed by atoms with Gasteiger partial charge in [0.05, 0.1) is 33.9 Å². The first-order chi connectivity index (χ1) is 17.8. The number of carbonyl (C=O) groups is 2. The molecule has 1 saturated heterocycles. The summed E-state index contributed by atoms with van der Waals surface area (Å²) in [5, 5.41) is 26.5. The molecule has 2 unspecified atom stereocenters. The maximum Gasteiger partial charge on any atom is 0.320 e. The number of nitrogens with one attached hydrogen (secondary N) is 1. The summed E-state index contributed by atoms with van der Waals surface area (Å²) in [6.07, 6.45) is 8.32. The van der Waals surface area contributed by atoms with Crippen LogP contribution in [0.3, 0.4) is 0 Å². The SMILES string of the molecule is Cn1cnc(SC2=CC(=O)C=C3SC4C[C@@]23c2c(c(O)c3c5c2=NCCC=5C=N3)N4)c1CC(N)C(=O)O. The van der Waals surface area contributed by atoms with E-state index in [1.807, 2.05) is 6.21 Å². The number of anilines is 1. The zero-order valence-corrected chi connectivity index (χ0v) is 21.3. The number of hydrogen-bond acceptors (Lipinski definition) is 10. The van der Waals surface area contributed by atoms with Crippen LogP contribution in [0, 0.1) is 0 Å². The summed E-state index contributed by atoms with van der Waals surface area (Å²) in [5.41, 5.74) is 8.95. The highest BCUT2D eigenvalue weighted by atomic mass is 32.2. The molecule has 1 aliphatic carbocycles. The number of benzene rings is 1. The van der Waals surface area contributed by atoms with Gasteiger partial charge in [0, 0.05) is 46.8 Å². The van der Waals surface area contributed by atoms with Crippen LogP contribution in [0.25, 0.3) is 5.57 Å². The van der Waals surface area contributed by atoms with E-state index in [1.54, 1.807) is 41.9 Å². The van der Waals surface area contributed by atoms with Gasteiger partial charge in [-0.25, -0.2) is 4.98 Å². The van der Waals surface area contributed by atoms with E-state index in [0.717, 1.165) is 37.9 Å². The Hall–Kier alpha value is -3.35. The van der Waals surface area contributed by atoms with Crippen LogP contribution < -0.4 is 21.6 Å². The highest BCUT2D eigenvalue weighted by Gasteiger charge is 2.56. The zero-order chi connectivity index (χ0) is 25.6. The second-order valence-electron chi connectivity index (χ2n) is 9.72. The number of carbonyl (C=O) groups excluding carboxylic acids is 1. The average Bonchev–Trinajstić information content (AvgIpc) is 3.53. The predicted molar refractivity (Wildman–Crippen MR) is 141 cm³/mol. The van der Waals surface area contributed by atoms with Crippen molar-refractivity contribution < 1.29 is 19.8 Å². The maximum atomic E-state index is 12.9. The van der Waals surface area contributed by atoms with Gasteiger partial charge in [-0.15, -0.1) is 11.8 Å². The second kappa shape index (κ2) is 7.83. The number of ketones is 1. The first-order valence-corrected chi connectivity index (χ1v) is 13.6. The topological polar surface area (TPSA) is 155 Å². The number of nitrogens with two attached hydrogens (primary N) is 1. The van der Waals surface area contributed by atoms with Gasteiger partial charge in [0.1, 0.15) is 16.8 Å². The molecule has 188 valence electrons. The number of imidazole rings is 1. The number of aromatic nitrogens is 2. The number of carboxylic acid groups (broad SMARTS) is 1. The van der Waals surface area contributed by atoms with Crippen molar-refractivity contribution >= 4 is 58.4 Å². The molecule has 1 aromatic heterocycles. The molecule has 1 spiro atoms. The zero-order valence-electron chi connectivity index (χ0n) is 19.7. The van der Waals surface area contributed by atoms with E-state index in [4.69, 9.17) is 10.7 Å². The summed E-state index contributed by atoms with van der Waals surface area (Å²) in [4.78, 5) is 40.1. The lowest BCUT2D eigenvalue weighted by atomic mass is 9.71. The van der Waals surface area contributed by atoms with Crippen molar-refractivity contribution in [3.63, 3.8) is 0 Å². The Morgan fingerprint density at radius 3 is 3.08 bits per heavy atom. The molecule has 10 nitrogen and oxygen atoms in total. The molecule has 5 N–H and O–H groups in total. The number of phenolic OH excluding ortho intramolecular Hbond substituents is 1. The van der Waals surface area contributed by atoms with Crippen LogP contribution in [0.5, 0.6) is 5.75 Å². The van der Waals surface area contributed by atoms with Crippen molar-refractivity contribution in [2.24, 2.45) is 22.8 Å². The highest BCUT2D eigenvalue weighted by molar-refractivity contribution is 8.05. The van der Waals surface area contributed by atoms with Crippen molar-refractivity contribution in [2.75, 3.05) is 11.9 Å². The van der Waals surface area contributed by atoms with E-state index in [0.29, 0.717) is 35.1 Å². The fraction of sp³-hybridized carbons (Fsp3) is 0.320. The lowest BCUT2D eigenvalue weighted by molar-refractivity contribution is -0.138. The smallest absolute Gasteiger partial charge is 0.320 e. The summed E-state index contributed by atoms with van der Waals surface area (Å²) in [7, 11) is 1.80. The number of aromatic hydroxyl groups is 1. The number of phenols is 1. The van der Waals surface area contributed by atoms with Gasteiger partial charge in [-0.1, -0.05) is 11.8 Å². The van der Waals surface area contributed by atoms with Crippen molar-refractivity contribution in [2.45, 2.75) is 41.1 Å². The number of hydrogen-bond donors (Lipinski definition) is 4. The van der Waals surface area contributed by atoms with Crippen molar-refractivity contribution in [1.82, 2.24) is 9.55 Å². The Morgan fingerprint density at radius 1 is 1.43 bits per heavy atom. The lowest BCUT2D eigenvalue weighted by Gasteiger charge is -2.39. The van der Waals surface area contributed by atoms with Crippen LogP contribution in [-0.2, 0) is 28.5 Å². The molecule has 0 radical (unpaired) electrons. The third kappa shape index (κ3) is 3.09. The molecule has 37 heavy (non-hydrogen) atoms. The Morgan fingerprint density at radius 2 is 2.27 bits per heavy atom. The number of rotatable bonds is 5. The first kappa shape index (κ1) is 22.8. The number of carboxylic acids is 1. The van der Waals surface area contributed by atoms with Crippen LogP contribution in [0.15, 0.2) is 43.3 Å². The van der Waals surface area contributed by atoms with Crippen LogP contribution in [0.2, 0.25) is 0 Å². The number of aliphatic carboxylic acids is 1. The molecule has 1 fully saturated rings. The van der Waals surface area contributed by atoms with Crippen molar-refractivity contribution in [3.05, 3.63) is 50.1 Å². The Labute approximate surface area is 219 Å². The molecule has 2 aromatic rings. The summed E-state index contributed by atoms with van der Waals surface area (Å²) in [6.45, 7) is 0.624. The monoisotopic (exact) mass is 534 g/mol. The summed E-state index contributed by atoms with van der Waals surface area (Å²) < 4.78 is 1.77. The molecule has 1 aromatic carbocycles. The summed E-state index contributed by atoms with van der Waals surface area (Å²) in [6, 6.07) is -1.08. The normalized spacial score (nSPS) is 25.0. The molecule has 7 rings (SSSR count). The van der Waals surface area contributed by atoms with Gasteiger partial charge in [0.2, 0.25) is 0 Å². The van der Waals surface area contributed by atoms with Gasteiger partial charge in [-0.2, -0.15) is 0 Å². The molecule has 0 saturated carbocycles. The number of aryl methyl sites for hydroxylation is 1. The van der Waals surface area contributed by atoms with E-state index < -0.39 is 17.4 Å². The van der Waals surface area contributed by atoms with E-state index in [9.17, 15) is 19.8 Å². The highest BCUT2D eigenvalue weighted by Crippen LogP contribution is 2.65. The molecular formula is C25H22N6O4S2. The number of allylic oxidation sites excluding steroid dienone is 4. The minimum absolute atomic E-state index is 0.0501. The minimum Gasteiger partial charge on any atom is -0.504 e. The van der Waals surface area contributed by atoms with Crippen molar-refractivity contribution in [3.8, 4) is 5.75 Å². The summed E-state index contributed by atoms with van der Waals surface area (Å²) in [5.74, 6) is -1.10. The van der Waals surface area contributed by atoms with Crippen LogP contribution >= 0.6 is 23.5 Å². The molecule has 4 aliphatic heterocycles. The Kier molecular flexibility index (Phi) is 4.83. The quantitative estimate of drug-likeness (QED) is 0.415. The number of nitrogens with zero attached hydrogens (tertiary/aromatic N) is 4. The first-order valence-electron chi connectivity index (χ1n) is 11.9. The van der Waals surface area contributed by atoms with E-state index in [2.05, 4.69) is 15.3 Å². The predicted octanol–water partition coefficient (Wildman–Crippen LogP) is 1.24. The van der Waals surface area contributed by atoms with E-state index in [-0.39, 0.29) is 23.3 Å². The largest absolute Gasteiger partial charge is 0.504 e. The lowest BCUT2D eigenvalue weighted by Crippen LogP contribution is -2.45. The van der Waals surface area contributed by atoms with Gasteiger partial charge in [0.25, 0.3) is 0 Å². The third-order valence-corrected chi connectivity index (χ3v) is 10.1. The van der Waals surface area contributed by atoms with Gasteiger partial charge in [-0.3, -0.25) is 19.6 Å². The van der Waals surface area contributed by atoms with E-state index in [1.165, 1.54) is 11.8 Å². The van der Waals surface area contributed by atoms with Gasteiger partial charge in [-0.05, 0) is 30.6 Å². The number of aliphatic imine (C=N–C) groups is 1. The maximum absolute atomic E-state index is 12.9. The van der Waals surface area contributed by atoms with Crippen LogP contribution in [0.1, 0.15) is 24.1 Å². The number of fused-ring (bicyclic) bond motifs is 3. The Bertz CT molecular complexity index is 1670.